The molecule has 0 saturated heterocycles. The fourth-order valence-electron chi connectivity index (χ4n) is 1.60. The summed E-state index contributed by atoms with van der Waals surface area (Å²) in [6.45, 7) is 2.36. The van der Waals surface area contributed by atoms with Crippen LogP contribution in [-0.2, 0) is 0 Å². The quantitative estimate of drug-likeness (QED) is 0.800. The lowest BCUT2D eigenvalue weighted by atomic mass is 10.2. The summed E-state index contributed by atoms with van der Waals surface area (Å²) in [5, 5.41) is 21.6. The number of aryl methyl sites for hydroxylation is 1. The van der Waals surface area contributed by atoms with Crippen molar-refractivity contribution in [1.29, 1.82) is 5.26 Å². The third-order valence-electron chi connectivity index (χ3n) is 2.86. The van der Waals surface area contributed by atoms with E-state index >= 15 is 0 Å². The monoisotopic (exact) mass is 217 g/mol. The number of hydrogen-bond donors (Lipinski definition) is 2. The maximum atomic E-state index is 9.68. The minimum absolute atomic E-state index is 0.298. The Balaban J connectivity index is 1.96. The van der Waals surface area contributed by atoms with Crippen LogP contribution in [0, 0.1) is 24.2 Å². The zero-order chi connectivity index (χ0) is 11.5. The van der Waals surface area contributed by atoms with Gasteiger partial charge in [-0.05, 0) is 37.3 Å². The second-order valence-corrected chi connectivity index (χ2v) is 4.26. The highest BCUT2D eigenvalue weighted by Crippen LogP contribution is 2.32. The van der Waals surface area contributed by atoms with Crippen LogP contribution in [0.15, 0.2) is 12.1 Å². The second kappa shape index (κ2) is 4.50. The minimum atomic E-state index is -0.298. The number of aliphatic hydroxyl groups is 1. The molecule has 1 aliphatic rings. The highest BCUT2D eigenvalue weighted by atomic mass is 16.3. The Kier molecular flexibility index (Phi) is 3.07. The molecule has 0 aliphatic heterocycles. The molecule has 1 aromatic rings. The van der Waals surface area contributed by atoms with Crippen molar-refractivity contribution in [2.75, 3.05) is 11.9 Å². The molecule has 2 rings (SSSR count). The Hall–Kier alpha value is -1.60. The van der Waals surface area contributed by atoms with E-state index in [4.69, 9.17) is 5.26 Å². The molecule has 4 nitrogen and oxygen atoms in total. The summed E-state index contributed by atoms with van der Waals surface area (Å²) in [6.07, 6.45) is 1.94. The summed E-state index contributed by atoms with van der Waals surface area (Å²) in [5.41, 5.74) is 1.31. The van der Waals surface area contributed by atoms with Crippen molar-refractivity contribution >= 4 is 5.82 Å². The summed E-state index contributed by atoms with van der Waals surface area (Å²) < 4.78 is 0. The number of aromatic nitrogens is 1. The number of nitrogens with zero attached hydrogens (tertiary/aromatic N) is 2. The molecule has 1 saturated carbocycles. The van der Waals surface area contributed by atoms with Crippen LogP contribution in [0.5, 0.6) is 0 Å². The molecule has 1 unspecified atom stereocenters. The Morgan fingerprint density at radius 2 is 2.38 bits per heavy atom. The molecule has 0 spiro atoms. The first kappa shape index (κ1) is 10.9. The van der Waals surface area contributed by atoms with Crippen molar-refractivity contribution in [1.82, 2.24) is 4.98 Å². The molecule has 1 fully saturated rings. The van der Waals surface area contributed by atoms with Crippen LogP contribution in [0.1, 0.15) is 24.1 Å². The molecule has 1 aliphatic carbocycles. The van der Waals surface area contributed by atoms with E-state index in [0.29, 0.717) is 24.0 Å². The summed E-state index contributed by atoms with van der Waals surface area (Å²) in [6, 6.07) is 5.73. The van der Waals surface area contributed by atoms with E-state index in [2.05, 4.69) is 10.3 Å². The molecule has 0 aromatic carbocycles. The zero-order valence-electron chi connectivity index (χ0n) is 9.27. The van der Waals surface area contributed by atoms with Crippen LogP contribution < -0.4 is 5.32 Å². The Bertz CT molecular complexity index is 421. The van der Waals surface area contributed by atoms with Crippen LogP contribution in [-0.4, -0.2) is 22.7 Å². The van der Waals surface area contributed by atoms with E-state index < -0.39 is 0 Å². The number of anilines is 1. The van der Waals surface area contributed by atoms with Crippen LogP contribution >= 0.6 is 0 Å². The van der Waals surface area contributed by atoms with Gasteiger partial charge in [-0.3, -0.25) is 0 Å². The van der Waals surface area contributed by atoms with Crippen molar-refractivity contribution in [2.45, 2.75) is 25.9 Å². The standard InChI is InChI=1S/C12H15N3O/c1-8-2-5-12(15-10(8)6-13)14-7-11(16)9-3-4-9/h2,5,9,11,16H,3-4,7H2,1H3,(H,14,15). The summed E-state index contributed by atoms with van der Waals surface area (Å²) in [5.74, 6) is 1.11. The molecule has 84 valence electrons. The van der Waals surface area contributed by atoms with Crippen LogP contribution in [0.4, 0.5) is 5.82 Å². The van der Waals surface area contributed by atoms with Crippen LogP contribution in [0.2, 0.25) is 0 Å². The minimum Gasteiger partial charge on any atom is -0.391 e. The van der Waals surface area contributed by atoms with Gasteiger partial charge in [0, 0.05) is 6.54 Å². The average molecular weight is 217 g/mol. The summed E-state index contributed by atoms with van der Waals surface area (Å²) in [7, 11) is 0. The predicted molar refractivity (Wildman–Crippen MR) is 60.9 cm³/mol. The zero-order valence-corrected chi connectivity index (χ0v) is 9.27. The molecule has 0 amide bonds. The number of rotatable bonds is 4. The lowest BCUT2D eigenvalue weighted by Crippen LogP contribution is -2.21. The smallest absolute Gasteiger partial charge is 0.145 e. The van der Waals surface area contributed by atoms with E-state index in [1.165, 1.54) is 0 Å². The molecule has 0 bridgehead atoms. The molecule has 1 heterocycles. The number of nitrogens with one attached hydrogen (secondary N) is 1. The van der Waals surface area contributed by atoms with Gasteiger partial charge >= 0.3 is 0 Å². The third-order valence-corrected chi connectivity index (χ3v) is 2.86. The first-order valence-electron chi connectivity index (χ1n) is 5.50. The highest BCUT2D eigenvalue weighted by Gasteiger charge is 2.29. The number of hydrogen-bond acceptors (Lipinski definition) is 4. The van der Waals surface area contributed by atoms with Gasteiger partial charge in [-0.25, -0.2) is 4.98 Å². The van der Waals surface area contributed by atoms with E-state index in [-0.39, 0.29) is 6.10 Å². The normalized spacial score (nSPS) is 16.6. The van der Waals surface area contributed by atoms with Gasteiger partial charge in [0.05, 0.1) is 6.10 Å². The highest BCUT2D eigenvalue weighted by molar-refractivity contribution is 5.42. The molecule has 16 heavy (non-hydrogen) atoms. The van der Waals surface area contributed by atoms with Gasteiger partial charge < -0.3 is 10.4 Å². The molecule has 4 heteroatoms. The lowest BCUT2D eigenvalue weighted by molar-refractivity contribution is 0.164. The fraction of sp³-hybridized carbons (Fsp3) is 0.500. The van der Waals surface area contributed by atoms with E-state index in [9.17, 15) is 5.11 Å². The van der Waals surface area contributed by atoms with Gasteiger partial charge in [0.25, 0.3) is 0 Å². The van der Waals surface area contributed by atoms with Gasteiger partial charge in [0.15, 0.2) is 0 Å². The average Bonchev–Trinajstić information content (AvgIpc) is 3.11. The largest absolute Gasteiger partial charge is 0.391 e. The number of nitriles is 1. The van der Waals surface area contributed by atoms with Crippen molar-refractivity contribution in [3.8, 4) is 6.07 Å². The first-order valence-corrected chi connectivity index (χ1v) is 5.50. The van der Waals surface area contributed by atoms with Gasteiger partial charge in [-0.1, -0.05) is 6.07 Å². The van der Waals surface area contributed by atoms with E-state index in [1.54, 1.807) is 0 Å². The van der Waals surface area contributed by atoms with Gasteiger partial charge in [-0.15, -0.1) is 0 Å². The Labute approximate surface area is 94.9 Å². The molecule has 0 radical (unpaired) electrons. The Morgan fingerprint density at radius 1 is 1.62 bits per heavy atom. The lowest BCUT2D eigenvalue weighted by Gasteiger charge is -2.11. The number of pyridine rings is 1. The Morgan fingerprint density at radius 3 is 3.00 bits per heavy atom. The summed E-state index contributed by atoms with van der Waals surface area (Å²) in [4.78, 5) is 4.16. The fourth-order valence-corrected chi connectivity index (χ4v) is 1.60. The topological polar surface area (TPSA) is 68.9 Å². The third kappa shape index (κ3) is 2.50. The maximum Gasteiger partial charge on any atom is 0.145 e. The molecule has 1 atom stereocenters. The van der Waals surface area contributed by atoms with Crippen molar-refractivity contribution in [2.24, 2.45) is 5.92 Å². The molecular weight excluding hydrogens is 202 g/mol. The SMILES string of the molecule is Cc1ccc(NCC(O)C2CC2)nc1C#N. The maximum absolute atomic E-state index is 9.68. The van der Waals surface area contributed by atoms with Crippen LogP contribution in [0.3, 0.4) is 0 Å². The predicted octanol–water partition coefficient (Wildman–Crippen LogP) is 1.44. The van der Waals surface area contributed by atoms with Gasteiger partial charge in [0.1, 0.15) is 17.6 Å². The van der Waals surface area contributed by atoms with Crippen molar-refractivity contribution < 1.29 is 5.11 Å². The van der Waals surface area contributed by atoms with Crippen molar-refractivity contribution in [3.63, 3.8) is 0 Å². The molecular formula is C12H15N3O. The van der Waals surface area contributed by atoms with Crippen LogP contribution in [0.25, 0.3) is 0 Å². The molecule has 1 aromatic heterocycles. The molecule has 2 N–H and O–H groups in total. The van der Waals surface area contributed by atoms with Crippen molar-refractivity contribution in [3.05, 3.63) is 23.4 Å². The van der Waals surface area contributed by atoms with Gasteiger partial charge in [-0.2, -0.15) is 5.26 Å². The summed E-state index contributed by atoms with van der Waals surface area (Å²) >= 11 is 0. The number of aliphatic hydroxyl groups excluding tert-OH is 1. The first-order chi connectivity index (χ1) is 7.70. The van der Waals surface area contributed by atoms with Gasteiger partial charge in [0.2, 0.25) is 0 Å². The van der Waals surface area contributed by atoms with E-state index in [0.717, 1.165) is 18.4 Å². The van der Waals surface area contributed by atoms with E-state index in [1.807, 2.05) is 25.1 Å². The second-order valence-electron chi connectivity index (χ2n) is 4.26.